The molecule has 0 atom stereocenters. The van der Waals surface area contributed by atoms with Crippen LogP contribution in [0.1, 0.15) is 17.3 Å². The third kappa shape index (κ3) is 4.66. The summed E-state index contributed by atoms with van der Waals surface area (Å²) >= 11 is -1.01. The zero-order valence-electron chi connectivity index (χ0n) is 7.49. The fraction of sp³-hybridized carbons (Fsp3) is 0.222. The second kappa shape index (κ2) is 8.16. The maximum absolute atomic E-state index is 11.5. The van der Waals surface area contributed by atoms with Crippen LogP contribution in [0.4, 0.5) is 0 Å². The molecule has 0 saturated heterocycles. The van der Waals surface area contributed by atoms with Gasteiger partial charge in [-0.2, -0.15) is 0 Å². The molecule has 0 bridgehead atoms. The SMILES string of the molecule is C[CH2][Hg][S]C(=O)c1ccccc1O.[NaH]. The van der Waals surface area contributed by atoms with Gasteiger partial charge in [0.05, 0.1) is 0 Å². The van der Waals surface area contributed by atoms with Crippen molar-refractivity contribution < 1.29 is 33.0 Å². The summed E-state index contributed by atoms with van der Waals surface area (Å²) < 4.78 is 1.18. The second-order valence-electron chi connectivity index (χ2n) is 2.65. The summed E-state index contributed by atoms with van der Waals surface area (Å²) in [6, 6.07) is 6.72. The molecule has 2 nitrogen and oxygen atoms in total. The van der Waals surface area contributed by atoms with E-state index in [1.807, 2.05) is 0 Å². The summed E-state index contributed by atoms with van der Waals surface area (Å²) in [7, 11) is 1.47. The van der Waals surface area contributed by atoms with Crippen LogP contribution in [0.25, 0.3) is 0 Å². The normalized spacial score (nSPS) is 8.64. The Morgan fingerprint density at radius 2 is 2.14 bits per heavy atom. The molecule has 1 aromatic rings. The topological polar surface area (TPSA) is 37.3 Å². The summed E-state index contributed by atoms with van der Waals surface area (Å²) in [5.41, 5.74) is 0.459. The molecule has 1 aromatic carbocycles. The van der Waals surface area contributed by atoms with E-state index in [2.05, 4.69) is 6.92 Å². The van der Waals surface area contributed by atoms with Gasteiger partial charge in [-0.05, 0) is 0 Å². The Morgan fingerprint density at radius 1 is 1.50 bits per heavy atom. The first-order valence-electron chi connectivity index (χ1n) is 4.20. The van der Waals surface area contributed by atoms with E-state index in [-0.39, 0.29) is 40.4 Å². The molecule has 0 amide bonds. The molecule has 1 N–H and O–H groups in total. The number of hydrogen-bond donors (Lipinski definition) is 1. The van der Waals surface area contributed by atoms with Gasteiger partial charge in [-0.25, -0.2) is 0 Å². The van der Waals surface area contributed by atoms with E-state index in [1.54, 1.807) is 24.3 Å². The average Bonchev–Trinajstić information content (AvgIpc) is 2.15. The fourth-order valence-electron chi connectivity index (χ4n) is 0.919. The third-order valence-electron chi connectivity index (χ3n) is 1.56. The van der Waals surface area contributed by atoms with Crippen LogP contribution in [0.5, 0.6) is 5.75 Å². The number of phenolic OH excluding ortho intramolecular Hbond substituents is 1. The van der Waals surface area contributed by atoms with Gasteiger partial charge >= 0.3 is 122 Å². The van der Waals surface area contributed by atoms with Crippen molar-refractivity contribution in [1.29, 1.82) is 0 Å². The Kier molecular flexibility index (Phi) is 8.73. The summed E-state index contributed by atoms with van der Waals surface area (Å²) in [5, 5.41) is 9.41. The first kappa shape index (κ1) is 15.0. The summed E-state index contributed by atoms with van der Waals surface area (Å²) in [6.45, 7) is 2.12. The monoisotopic (exact) mass is 408 g/mol. The van der Waals surface area contributed by atoms with E-state index in [9.17, 15) is 9.90 Å². The molecule has 14 heavy (non-hydrogen) atoms. The van der Waals surface area contributed by atoms with Crippen molar-refractivity contribution in [3.63, 3.8) is 0 Å². The molecule has 0 spiro atoms. The van der Waals surface area contributed by atoms with Gasteiger partial charge in [-0.15, -0.1) is 0 Å². The van der Waals surface area contributed by atoms with E-state index in [4.69, 9.17) is 0 Å². The Balaban J connectivity index is 0.00000169. The summed E-state index contributed by atoms with van der Waals surface area (Å²) in [4.78, 5) is 11.5. The number of phenols is 1. The molecule has 1 rings (SSSR count). The molecular weight excluding hydrogens is 396 g/mol. The molecule has 0 aliphatic carbocycles. The summed E-state index contributed by atoms with van der Waals surface area (Å²) in [6.07, 6.45) is 0. The molecule has 0 radical (unpaired) electrons. The molecule has 5 heteroatoms. The minimum atomic E-state index is -1.01. The Bertz CT molecular complexity index is 307. The van der Waals surface area contributed by atoms with Crippen LogP contribution in [-0.2, 0) is 23.1 Å². The first-order chi connectivity index (χ1) is 6.25. The van der Waals surface area contributed by atoms with Gasteiger partial charge in [0.25, 0.3) is 0 Å². The maximum atomic E-state index is 11.5. The van der Waals surface area contributed by atoms with Crippen molar-refractivity contribution in [2.45, 2.75) is 10.9 Å². The number of benzene rings is 1. The Hall–Kier alpha value is 0.975. The van der Waals surface area contributed by atoms with Crippen LogP contribution in [-0.4, -0.2) is 39.8 Å². The van der Waals surface area contributed by atoms with Gasteiger partial charge in [0.2, 0.25) is 0 Å². The molecule has 0 heterocycles. The molecular formula is C9H11HgNaO2S. The number of carbonyl (C=O) groups is 1. The predicted molar refractivity (Wildman–Crippen MR) is 57.7 cm³/mol. The zero-order chi connectivity index (χ0) is 9.68. The van der Waals surface area contributed by atoms with E-state index in [1.165, 1.54) is 12.2 Å². The Morgan fingerprint density at radius 3 is 2.71 bits per heavy atom. The standard InChI is InChI=1S/C7H6O2S.C2H5.Hg.Na.H/c8-6-4-2-1-3-5(6)7(9)10;1-2;;;/h1-4,8H,(H,9,10);1H2,2H3;;;/q;;+1;;/p-1. The van der Waals surface area contributed by atoms with Crippen molar-refractivity contribution in [1.82, 2.24) is 0 Å². The summed E-state index contributed by atoms with van der Waals surface area (Å²) in [5.74, 6) is 0.101. The van der Waals surface area contributed by atoms with Gasteiger partial charge in [-0.3, -0.25) is 0 Å². The van der Waals surface area contributed by atoms with E-state index < -0.39 is 23.1 Å². The second-order valence-corrected chi connectivity index (χ2v) is 15.7. The number of para-hydroxylation sites is 1. The van der Waals surface area contributed by atoms with Crippen molar-refractivity contribution in [3.05, 3.63) is 29.8 Å². The minimum absolute atomic E-state index is 0. The predicted octanol–water partition coefficient (Wildman–Crippen LogP) is 2.05. The number of carbonyl (C=O) groups excluding carboxylic acids is 1. The quantitative estimate of drug-likeness (QED) is 0.781. The van der Waals surface area contributed by atoms with E-state index in [0.717, 1.165) is 0 Å². The van der Waals surface area contributed by atoms with Gasteiger partial charge in [-0.1, -0.05) is 0 Å². The van der Waals surface area contributed by atoms with Crippen molar-refractivity contribution in [2.75, 3.05) is 0 Å². The molecule has 0 fully saturated rings. The number of hydrogen-bond acceptors (Lipinski definition) is 3. The van der Waals surface area contributed by atoms with Crippen LogP contribution in [0.15, 0.2) is 24.3 Å². The first-order valence-corrected chi connectivity index (χ1v) is 15.8. The van der Waals surface area contributed by atoms with Crippen LogP contribution in [0, 0.1) is 0 Å². The number of aromatic hydroxyl groups is 1. The number of rotatable bonds is 3. The van der Waals surface area contributed by atoms with Crippen molar-refractivity contribution in [3.8, 4) is 5.75 Å². The van der Waals surface area contributed by atoms with Gasteiger partial charge in [0.15, 0.2) is 0 Å². The molecule has 68 valence electrons. The van der Waals surface area contributed by atoms with Crippen LogP contribution < -0.4 is 0 Å². The average molecular weight is 407 g/mol. The van der Waals surface area contributed by atoms with Gasteiger partial charge in [0.1, 0.15) is 0 Å². The fourth-order valence-corrected chi connectivity index (χ4v) is 7.99. The Labute approximate surface area is 121 Å². The molecule has 0 saturated carbocycles. The molecule has 0 aliphatic heterocycles. The van der Waals surface area contributed by atoms with E-state index >= 15 is 0 Å². The van der Waals surface area contributed by atoms with Gasteiger partial charge in [0, 0.05) is 0 Å². The zero-order valence-corrected chi connectivity index (χ0v) is 13.8. The molecule has 0 unspecified atom stereocenters. The van der Waals surface area contributed by atoms with Crippen molar-refractivity contribution in [2.24, 2.45) is 0 Å². The molecule has 0 aliphatic rings. The van der Waals surface area contributed by atoms with Crippen LogP contribution in [0.3, 0.4) is 0 Å². The van der Waals surface area contributed by atoms with Gasteiger partial charge < -0.3 is 0 Å². The van der Waals surface area contributed by atoms with Crippen molar-refractivity contribution >= 4 is 42.9 Å². The third-order valence-corrected chi connectivity index (χ3v) is 12.9. The van der Waals surface area contributed by atoms with Crippen LogP contribution in [0.2, 0.25) is 3.93 Å². The van der Waals surface area contributed by atoms with E-state index in [0.29, 0.717) is 5.56 Å². The molecule has 0 aromatic heterocycles. The van der Waals surface area contributed by atoms with Crippen LogP contribution >= 0.6 is 8.24 Å².